The van der Waals surface area contributed by atoms with Gasteiger partial charge in [0.1, 0.15) is 5.82 Å². The van der Waals surface area contributed by atoms with E-state index in [-0.39, 0.29) is 5.56 Å². The first-order valence-electron chi connectivity index (χ1n) is 13.5. The third kappa shape index (κ3) is 5.87. The first-order valence-corrected chi connectivity index (χ1v) is 14.3. The molecule has 0 bridgehead atoms. The van der Waals surface area contributed by atoms with E-state index in [0.29, 0.717) is 23.3 Å². The number of H-pyrrole nitrogens is 1. The molecule has 0 saturated heterocycles. The highest BCUT2D eigenvalue weighted by molar-refractivity contribution is 7.99. The van der Waals surface area contributed by atoms with Crippen molar-refractivity contribution in [2.45, 2.75) is 57.1 Å². The summed E-state index contributed by atoms with van der Waals surface area (Å²) in [7, 11) is 0. The molecular weight excluding hydrogens is 520 g/mol. The highest BCUT2D eigenvalue weighted by atomic mass is 32.2. The summed E-state index contributed by atoms with van der Waals surface area (Å²) in [5.41, 5.74) is 6.06. The van der Waals surface area contributed by atoms with Crippen LogP contribution in [0.5, 0.6) is 0 Å². The first-order chi connectivity index (χ1) is 19.3. The lowest BCUT2D eigenvalue weighted by molar-refractivity contribution is 0.388. The minimum absolute atomic E-state index is 0.0235. The van der Waals surface area contributed by atoms with Gasteiger partial charge >= 0.3 is 5.76 Å². The number of hydrogen-bond acceptors (Lipinski definition) is 6. The molecule has 1 N–H and O–H groups in total. The smallest absolute Gasteiger partial charge is 0.296 e. The summed E-state index contributed by atoms with van der Waals surface area (Å²) in [5.74, 6) is 0.487. The minimum Gasteiger partial charge on any atom is -0.296 e. The fraction of sp³-hybridized carbons (Fsp3) is 0.250. The predicted molar refractivity (Wildman–Crippen MR) is 160 cm³/mol. The maximum absolute atomic E-state index is 13.9. The van der Waals surface area contributed by atoms with Crippen LogP contribution in [-0.4, -0.2) is 24.9 Å². The summed E-state index contributed by atoms with van der Waals surface area (Å²) in [4.78, 5) is 34.1. The number of nitrogens with one attached hydrogen (secondary N) is 1. The molecule has 2 heterocycles. The summed E-state index contributed by atoms with van der Waals surface area (Å²) >= 11 is 1.80. The van der Waals surface area contributed by atoms with Crippen LogP contribution in [0.1, 0.15) is 49.8 Å². The molecule has 0 atom stereocenters. The van der Waals surface area contributed by atoms with Gasteiger partial charge in [-0.1, -0.05) is 80.9 Å². The van der Waals surface area contributed by atoms with Gasteiger partial charge in [-0.15, -0.1) is 11.8 Å². The van der Waals surface area contributed by atoms with Gasteiger partial charge in [-0.3, -0.25) is 18.9 Å². The Bertz CT molecular complexity index is 1730. The number of rotatable bonds is 9. The van der Waals surface area contributed by atoms with E-state index < -0.39 is 5.76 Å². The van der Waals surface area contributed by atoms with Gasteiger partial charge in [0.2, 0.25) is 0 Å². The van der Waals surface area contributed by atoms with Gasteiger partial charge in [0.25, 0.3) is 5.56 Å². The molecule has 40 heavy (non-hydrogen) atoms. The molecule has 2 aromatic heterocycles. The molecule has 0 radical (unpaired) electrons. The molecule has 0 amide bonds. The Kier molecular flexibility index (Phi) is 8.16. The van der Waals surface area contributed by atoms with Crippen LogP contribution in [0.4, 0.5) is 0 Å². The zero-order valence-corrected chi connectivity index (χ0v) is 23.9. The Morgan fingerprint density at radius 1 is 0.950 bits per heavy atom. The molecule has 0 spiro atoms. The van der Waals surface area contributed by atoms with Crippen LogP contribution in [0.25, 0.3) is 28.2 Å². The third-order valence-electron chi connectivity index (χ3n) is 6.65. The molecule has 3 aromatic carbocycles. The lowest BCUT2D eigenvalue weighted by Crippen LogP contribution is -2.28. The van der Waals surface area contributed by atoms with Crippen LogP contribution in [0, 0.1) is 6.92 Å². The Hall–Kier alpha value is -4.17. The Morgan fingerprint density at radius 3 is 2.27 bits per heavy atom. The molecule has 7 nitrogen and oxygen atoms in total. The molecule has 0 fully saturated rings. The number of aromatic amines is 1. The van der Waals surface area contributed by atoms with E-state index in [0.717, 1.165) is 52.0 Å². The molecule has 204 valence electrons. The largest absolute Gasteiger partial charge is 0.439 e. The topological polar surface area (TPSA) is 93.8 Å². The quantitative estimate of drug-likeness (QED) is 0.207. The summed E-state index contributed by atoms with van der Waals surface area (Å²) < 4.78 is 6.43. The fourth-order valence-corrected chi connectivity index (χ4v) is 5.72. The second-order valence-electron chi connectivity index (χ2n) is 10.00. The summed E-state index contributed by atoms with van der Waals surface area (Å²) in [6, 6.07) is 24.0. The number of nitrogens with zero attached hydrogens (tertiary/aromatic N) is 3. The molecule has 5 aromatic rings. The van der Waals surface area contributed by atoms with E-state index in [1.165, 1.54) is 4.90 Å². The molecule has 5 rings (SSSR count). The zero-order valence-electron chi connectivity index (χ0n) is 23.1. The van der Waals surface area contributed by atoms with Crippen molar-refractivity contribution in [2.24, 2.45) is 0 Å². The SMILES string of the molecule is CCCc1nc(C)n(-c2ccc(SC(C)C)cc2)c(=O)c1Cc1ccc(-c2ccccc2-c2noc(=O)[nH]2)cc1. The monoisotopic (exact) mass is 552 g/mol. The average Bonchev–Trinajstić information content (AvgIpc) is 3.38. The Labute approximate surface area is 237 Å². The number of aromatic nitrogens is 4. The Morgan fingerprint density at radius 2 is 1.65 bits per heavy atom. The second-order valence-corrected chi connectivity index (χ2v) is 11.6. The van der Waals surface area contributed by atoms with Crippen molar-refractivity contribution >= 4 is 11.8 Å². The number of thioether (sulfide) groups is 1. The molecule has 8 heteroatoms. The second kappa shape index (κ2) is 11.9. The van der Waals surface area contributed by atoms with Gasteiger partial charge in [0.15, 0.2) is 5.82 Å². The van der Waals surface area contributed by atoms with Crippen molar-refractivity contribution in [2.75, 3.05) is 0 Å². The fourth-order valence-electron chi connectivity index (χ4n) is 4.88. The van der Waals surface area contributed by atoms with Crippen LogP contribution < -0.4 is 11.3 Å². The van der Waals surface area contributed by atoms with Crippen molar-refractivity contribution in [3.63, 3.8) is 0 Å². The van der Waals surface area contributed by atoms with Crippen LogP contribution in [0.15, 0.2) is 91.8 Å². The number of benzene rings is 3. The highest BCUT2D eigenvalue weighted by Crippen LogP contribution is 2.30. The van der Waals surface area contributed by atoms with Crippen LogP contribution in [0.3, 0.4) is 0 Å². The molecule has 0 unspecified atom stereocenters. The summed E-state index contributed by atoms with van der Waals surface area (Å²) in [6.45, 7) is 8.33. The third-order valence-corrected chi connectivity index (χ3v) is 7.67. The van der Waals surface area contributed by atoms with Crippen LogP contribution in [0.2, 0.25) is 0 Å². The van der Waals surface area contributed by atoms with E-state index in [9.17, 15) is 9.59 Å². The average molecular weight is 553 g/mol. The van der Waals surface area contributed by atoms with Gasteiger partial charge in [-0.05, 0) is 54.3 Å². The van der Waals surface area contributed by atoms with Gasteiger partial charge in [0, 0.05) is 27.7 Å². The van der Waals surface area contributed by atoms with E-state index in [1.54, 1.807) is 16.3 Å². The lowest BCUT2D eigenvalue weighted by Gasteiger charge is -2.16. The normalized spacial score (nSPS) is 11.3. The van der Waals surface area contributed by atoms with Crippen LogP contribution >= 0.6 is 11.8 Å². The maximum Gasteiger partial charge on any atom is 0.439 e. The van der Waals surface area contributed by atoms with Crippen molar-refractivity contribution in [1.82, 2.24) is 19.7 Å². The number of aryl methyl sites for hydroxylation is 2. The molecule has 0 saturated carbocycles. The van der Waals surface area contributed by atoms with Gasteiger partial charge < -0.3 is 0 Å². The van der Waals surface area contributed by atoms with Crippen molar-refractivity contribution < 1.29 is 4.52 Å². The molecule has 0 aliphatic heterocycles. The van der Waals surface area contributed by atoms with Crippen molar-refractivity contribution in [1.29, 1.82) is 0 Å². The molecule has 0 aliphatic carbocycles. The van der Waals surface area contributed by atoms with E-state index in [2.05, 4.69) is 43.0 Å². The van der Waals surface area contributed by atoms with E-state index in [1.807, 2.05) is 67.6 Å². The first kappa shape index (κ1) is 27.4. The van der Waals surface area contributed by atoms with Crippen molar-refractivity contribution in [3.8, 4) is 28.2 Å². The van der Waals surface area contributed by atoms with Gasteiger partial charge in [-0.25, -0.2) is 9.78 Å². The summed E-state index contributed by atoms with van der Waals surface area (Å²) in [5, 5.41) is 4.34. The van der Waals surface area contributed by atoms with Gasteiger partial charge in [0.05, 0.1) is 11.4 Å². The zero-order chi connectivity index (χ0) is 28.2. The summed E-state index contributed by atoms with van der Waals surface area (Å²) in [6.07, 6.45) is 2.14. The molecule has 0 aliphatic rings. The lowest BCUT2D eigenvalue weighted by atomic mass is 9.96. The van der Waals surface area contributed by atoms with Crippen molar-refractivity contribution in [3.05, 3.63) is 116 Å². The predicted octanol–water partition coefficient (Wildman–Crippen LogP) is 6.60. The Balaban J connectivity index is 1.48. The maximum atomic E-state index is 13.9. The van der Waals surface area contributed by atoms with E-state index >= 15 is 0 Å². The number of hydrogen-bond donors (Lipinski definition) is 1. The minimum atomic E-state index is -0.592. The van der Waals surface area contributed by atoms with Crippen LogP contribution in [-0.2, 0) is 12.8 Å². The van der Waals surface area contributed by atoms with E-state index in [4.69, 9.17) is 9.51 Å². The molecular formula is C32H32N4O3S. The standard InChI is InChI=1S/C32H32N4O3S/c1-5-8-29-28(31(37)36(21(4)33-29)24-15-17-25(18-16-24)40-20(2)3)19-22-11-13-23(14-12-22)26-9-6-7-10-27(26)30-34-32(38)39-35-30/h6-7,9-18,20H,5,8,19H2,1-4H3,(H,34,35,38). The highest BCUT2D eigenvalue weighted by Gasteiger charge is 2.17. The van der Waals surface area contributed by atoms with Gasteiger partial charge in [-0.2, -0.15) is 0 Å².